The molecule has 0 saturated carbocycles. The summed E-state index contributed by atoms with van der Waals surface area (Å²) in [5.41, 5.74) is 3.98. The first kappa shape index (κ1) is 25.2. The minimum atomic E-state index is 0.223. The highest BCUT2D eigenvalue weighted by molar-refractivity contribution is 5.66. The van der Waals surface area contributed by atoms with Crippen LogP contribution < -0.4 is 10.2 Å². The summed E-state index contributed by atoms with van der Waals surface area (Å²) in [6.45, 7) is 17.4. The molecule has 1 aromatic rings. The van der Waals surface area contributed by atoms with Crippen molar-refractivity contribution in [3.63, 3.8) is 0 Å². The van der Waals surface area contributed by atoms with Gasteiger partial charge in [0, 0.05) is 49.8 Å². The van der Waals surface area contributed by atoms with E-state index >= 15 is 0 Å². The number of hydrogen-bond acceptors (Lipinski definition) is 8. The normalized spacial score (nSPS) is 19.9. The molecule has 0 spiro atoms. The van der Waals surface area contributed by atoms with E-state index in [0.29, 0.717) is 12.6 Å². The van der Waals surface area contributed by atoms with Gasteiger partial charge in [0.15, 0.2) is 0 Å². The highest BCUT2D eigenvalue weighted by Crippen LogP contribution is 2.32. The van der Waals surface area contributed by atoms with E-state index in [4.69, 9.17) is 9.47 Å². The Morgan fingerprint density at radius 1 is 1.40 bits per heavy atom. The molecule has 0 aliphatic carbocycles. The number of amides is 1. The molecular formula is C26H38N6O3. The number of carbonyl (C=O) groups excluding carboxylic acids is 1. The Kier molecular flexibility index (Phi) is 8.41. The Hall–Kier alpha value is -2.91. The van der Waals surface area contributed by atoms with Crippen molar-refractivity contribution in [2.24, 2.45) is 10.9 Å². The van der Waals surface area contributed by atoms with Gasteiger partial charge in [0.1, 0.15) is 18.2 Å². The molecule has 3 aliphatic rings. The van der Waals surface area contributed by atoms with Crippen molar-refractivity contribution < 1.29 is 14.3 Å². The Labute approximate surface area is 208 Å². The number of hydrogen-bond donors (Lipinski definition) is 1. The first-order chi connectivity index (χ1) is 17.0. The van der Waals surface area contributed by atoms with Gasteiger partial charge in [-0.25, -0.2) is 4.98 Å². The Balaban J connectivity index is 1.45. The molecule has 2 fully saturated rings. The molecule has 1 atom stereocenters. The van der Waals surface area contributed by atoms with Gasteiger partial charge >= 0.3 is 0 Å². The molecule has 1 aromatic heterocycles. The maximum atomic E-state index is 10.9. The number of morpholine rings is 1. The summed E-state index contributed by atoms with van der Waals surface area (Å²) in [4.78, 5) is 26.5. The average Bonchev–Trinajstić information content (AvgIpc) is 3.02. The predicted octanol–water partition coefficient (Wildman–Crippen LogP) is 2.87. The molecule has 35 heavy (non-hydrogen) atoms. The van der Waals surface area contributed by atoms with Gasteiger partial charge in [0.2, 0.25) is 6.41 Å². The number of ether oxygens (including phenoxy) is 2. The first-order valence-corrected chi connectivity index (χ1v) is 12.6. The highest BCUT2D eigenvalue weighted by atomic mass is 16.5. The Morgan fingerprint density at radius 2 is 2.17 bits per heavy atom. The highest BCUT2D eigenvalue weighted by Gasteiger charge is 2.30. The van der Waals surface area contributed by atoms with Gasteiger partial charge in [-0.2, -0.15) is 0 Å². The number of rotatable bonds is 10. The third-order valence-corrected chi connectivity index (χ3v) is 7.24. The molecule has 9 heteroatoms. The van der Waals surface area contributed by atoms with Crippen LogP contribution in [0.5, 0.6) is 0 Å². The first-order valence-electron chi connectivity index (χ1n) is 12.6. The minimum Gasteiger partial charge on any atom is -0.491 e. The molecule has 1 amide bonds. The van der Waals surface area contributed by atoms with Crippen LogP contribution in [0.4, 0.5) is 11.5 Å². The summed E-state index contributed by atoms with van der Waals surface area (Å²) in [5, 5.41) is 3.50. The van der Waals surface area contributed by atoms with Gasteiger partial charge < -0.3 is 24.6 Å². The number of anilines is 2. The molecule has 0 radical (unpaired) electrons. The molecule has 1 N–H and O–H groups in total. The summed E-state index contributed by atoms with van der Waals surface area (Å²) in [6, 6.07) is 2.51. The van der Waals surface area contributed by atoms with Crippen LogP contribution in [0, 0.1) is 5.92 Å². The fourth-order valence-corrected chi connectivity index (χ4v) is 4.85. The second-order valence-electron chi connectivity index (χ2n) is 9.40. The van der Waals surface area contributed by atoms with Gasteiger partial charge in [-0.05, 0) is 51.2 Å². The van der Waals surface area contributed by atoms with Gasteiger partial charge in [-0.15, -0.1) is 0 Å². The van der Waals surface area contributed by atoms with E-state index < -0.39 is 0 Å². The number of likely N-dealkylation sites (N-methyl/N-ethyl adjacent to an activating group) is 1. The van der Waals surface area contributed by atoms with Crippen LogP contribution >= 0.6 is 0 Å². The predicted molar refractivity (Wildman–Crippen MR) is 138 cm³/mol. The number of pyridine rings is 1. The van der Waals surface area contributed by atoms with E-state index in [1.165, 1.54) is 0 Å². The zero-order chi connectivity index (χ0) is 24.8. The number of allylic oxidation sites excluding steroid dienone is 3. The lowest BCUT2D eigenvalue weighted by Crippen LogP contribution is -2.58. The largest absolute Gasteiger partial charge is 0.491 e. The van der Waals surface area contributed by atoms with Crippen LogP contribution in [0.2, 0.25) is 0 Å². The number of carbonyl (C=O) groups is 1. The van der Waals surface area contributed by atoms with Crippen LogP contribution in [0.15, 0.2) is 40.5 Å². The molecule has 0 aromatic carbocycles. The topological polar surface area (TPSA) is 82.5 Å². The zero-order valence-corrected chi connectivity index (χ0v) is 21.2. The van der Waals surface area contributed by atoms with Crippen molar-refractivity contribution in [3.05, 3.63) is 41.1 Å². The number of fused-ring (bicyclic) bond motifs is 1. The van der Waals surface area contributed by atoms with Crippen molar-refractivity contribution in [2.75, 3.05) is 62.7 Å². The van der Waals surface area contributed by atoms with Gasteiger partial charge in [-0.3, -0.25) is 14.7 Å². The summed E-state index contributed by atoms with van der Waals surface area (Å²) in [7, 11) is 0. The van der Waals surface area contributed by atoms with Gasteiger partial charge in [0.25, 0.3) is 0 Å². The molecule has 4 rings (SSSR count). The second kappa shape index (κ2) is 11.7. The summed E-state index contributed by atoms with van der Waals surface area (Å²) < 4.78 is 11.7. The number of aromatic nitrogens is 1. The third kappa shape index (κ3) is 5.85. The van der Waals surface area contributed by atoms with Crippen molar-refractivity contribution in [3.8, 4) is 0 Å². The summed E-state index contributed by atoms with van der Waals surface area (Å²) in [5.74, 6) is 1.85. The van der Waals surface area contributed by atoms with E-state index in [-0.39, 0.29) is 5.92 Å². The Morgan fingerprint density at radius 3 is 2.86 bits per heavy atom. The van der Waals surface area contributed by atoms with Crippen molar-refractivity contribution in [1.29, 1.82) is 0 Å². The summed E-state index contributed by atoms with van der Waals surface area (Å²) in [6.07, 6.45) is 5.78. The fourth-order valence-electron chi connectivity index (χ4n) is 4.85. The van der Waals surface area contributed by atoms with E-state index in [0.717, 1.165) is 99.5 Å². The number of likely N-dealkylation sites (tertiary alicyclic amines) is 1. The van der Waals surface area contributed by atoms with Crippen LogP contribution in [0.1, 0.15) is 32.8 Å². The standard InChI is InChI=1S/C26H38N6O3/c1-5-31(21-15-30(16-21)18-33)9-7-19(2)23(27-4)14-24-20(3)35-17-22-25(6-8-28-26(22)29-24)32-10-12-34-13-11-32/h6,8,14,18-19,21H,4-5,7,9-13,15-17H2,1-3H3,(H,28,29)/b23-14-. The van der Waals surface area contributed by atoms with Crippen molar-refractivity contribution in [1.82, 2.24) is 14.8 Å². The van der Waals surface area contributed by atoms with E-state index in [1.54, 1.807) is 0 Å². The molecule has 2 saturated heterocycles. The maximum absolute atomic E-state index is 10.9. The molecule has 1 unspecified atom stereocenters. The number of nitrogens with zero attached hydrogens (tertiary/aromatic N) is 5. The zero-order valence-electron chi connectivity index (χ0n) is 21.2. The fraction of sp³-hybridized carbons (Fsp3) is 0.577. The molecule has 4 heterocycles. The molecular weight excluding hydrogens is 444 g/mol. The second-order valence-corrected chi connectivity index (χ2v) is 9.40. The lowest BCUT2D eigenvalue weighted by atomic mass is 10.0. The van der Waals surface area contributed by atoms with Gasteiger partial charge in [-0.1, -0.05) is 13.8 Å². The van der Waals surface area contributed by atoms with E-state index in [9.17, 15) is 4.79 Å². The van der Waals surface area contributed by atoms with E-state index in [2.05, 4.69) is 51.7 Å². The number of aliphatic imine (C=N–C) groups is 1. The Bertz CT molecular complexity index is 966. The average molecular weight is 483 g/mol. The minimum absolute atomic E-state index is 0.223. The lowest BCUT2D eigenvalue weighted by Gasteiger charge is -2.43. The van der Waals surface area contributed by atoms with E-state index in [1.807, 2.05) is 24.1 Å². The monoisotopic (exact) mass is 482 g/mol. The van der Waals surface area contributed by atoms with Gasteiger partial charge in [0.05, 0.1) is 24.5 Å². The lowest BCUT2D eigenvalue weighted by molar-refractivity contribution is -0.124. The quantitative estimate of drug-likeness (QED) is 0.406. The smallest absolute Gasteiger partial charge is 0.209 e. The van der Waals surface area contributed by atoms with Crippen LogP contribution in [-0.4, -0.2) is 86.4 Å². The summed E-state index contributed by atoms with van der Waals surface area (Å²) >= 11 is 0. The maximum Gasteiger partial charge on any atom is 0.209 e. The SMILES string of the molecule is C=N/C(=C\C1=C(C)OCc2c(N3CCOCC3)ccnc2N1)C(C)CCN(CC)C1CN(C=O)C1. The molecule has 0 bridgehead atoms. The third-order valence-electron chi connectivity index (χ3n) is 7.24. The molecule has 3 aliphatic heterocycles. The van der Waals surface area contributed by atoms with Crippen molar-refractivity contribution >= 4 is 24.6 Å². The van der Waals surface area contributed by atoms with Crippen LogP contribution in [0.3, 0.4) is 0 Å². The van der Waals surface area contributed by atoms with Crippen molar-refractivity contribution in [2.45, 2.75) is 39.8 Å². The molecule has 9 nitrogen and oxygen atoms in total. The number of nitrogens with one attached hydrogen (secondary N) is 1. The van der Waals surface area contributed by atoms with Crippen LogP contribution in [0.25, 0.3) is 0 Å². The van der Waals surface area contributed by atoms with Crippen LogP contribution in [-0.2, 0) is 20.9 Å². The molecule has 190 valence electrons.